The van der Waals surface area contributed by atoms with E-state index in [1.54, 1.807) is 7.11 Å². The lowest BCUT2D eigenvalue weighted by atomic mass is 9.98. The van der Waals surface area contributed by atoms with E-state index in [2.05, 4.69) is 15.2 Å². The summed E-state index contributed by atoms with van der Waals surface area (Å²) in [4.78, 5) is 21.0. The van der Waals surface area contributed by atoms with Crippen molar-refractivity contribution in [1.82, 2.24) is 15.1 Å². The van der Waals surface area contributed by atoms with Crippen LogP contribution in [0.25, 0.3) is 0 Å². The maximum atomic E-state index is 12.4. The van der Waals surface area contributed by atoms with Gasteiger partial charge in [-0.15, -0.1) is 24.0 Å². The second kappa shape index (κ2) is 13.6. The number of carbonyl (C=O) groups excluding carboxylic acids is 1. The van der Waals surface area contributed by atoms with Gasteiger partial charge in [-0.1, -0.05) is 0 Å². The normalized spacial score (nSPS) is 22.6. The number of guanidine groups is 1. The quantitative estimate of drug-likeness (QED) is 0.232. The van der Waals surface area contributed by atoms with Crippen LogP contribution in [0.4, 0.5) is 4.79 Å². The van der Waals surface area contributed by atoms with Gasteiger partial charge in [0.15, 0.2) is 5.96 Å². The van der Waals surface area contributed by atoms with Crippen LogP contribution in [0.2, 0.25) is 0 Å². The van der Waals surface area contributed by atoms with Crippen LogP contribution in [-0.2, 0) is 14.2 Å². The molecule has 2 aliphatic heterocycles. The topological polar surface area (TPSA) is 75.6 Å². The molecular weight excluding hydrogens is 499 g/mol. The molecule has 0 aromatic heterocycles. The largest absolute Gasteiger partial charge is 0.444 e. The van der Waals surface area contributed by atoms with Gasteiger partial charge in [-0.25, -0.2) is 4.79 Å². The SMILES string of the molecule is CN=C(NCC1CCCN(C(=O)OC(C)(C)C)C1)N1CCC(COCCOC)C1.I. The average molecular weight is 540 g/mol. The lowest BCUT2D eigenvalue weighted by Crippen LogP contribution is -2.47. The molecule has 176 valence electrons. The molecule has 0 saturated carbocycles. The van der Waals surface area contributed by atoms with Gasteiger partial charge in [0.25, 0.3) is 0 Å². The Morgan fingerprint density at radius 3 is 2.50 bits per heavy atom. The van der Waals surface area contributed by atoms with E-state index in [1.165, 1.54) is 0 Å². The lowest BCUT2D eigenvalue weighted by molar-refractivity contribution is 0.0168. The standard InChI is InChI=1S/C21H40N4O4.HI/c1-21(2,3)29-20(26)25-9-6-7-17(14-25)13-23-19(22-4)24-10-8-18(15-24)16-28-12-11-27-5;/h17-18H,6-16H2,1-5H3,(H,22,23);1H. The Balaban J connectivity index is 0.00000450. The molecule has 2 rings (SSSR count). The molecule has 2 heterocycles. The number of hydrogen-bond donors (Lipinski definition) is 1. The Morgan fingerprint density at radius 2 is 1.83 bits per heavy atom. The van der Waals surface area contributed by atoms with Crippen LogP contribution in [0.3, 0.4) is 0 Å². The number of piperidine rings is 1. The molecule has 8 nitrogen and oxygen atoms in total. The summed E-state index contributed by atoms with van der Waals surface area (Å²) in [6.45, 7) is 12.1. The fourth-order valence-corrected chi connectivity index (χ4v) is 3.85. The number of likely N-dealkylation sites (tertiary alicyclic amines) is 2. The minimum atomic E-state index is -0.454. The molecular formula is C21H41IN4O4. The summed E-state index contributed by atoms with van der Waals surface area (Å²) in [7, 11) is 3.52. The highest BCUT2D eigenvalue weighted by Crippen LogP contribution is 2.20. The predicted octanol–water partition coefficient (Wildman–Crippen LogP) is 2.81. The van der Waals surface area contributed by atoms with E-state index in [-0.39, 0.29) is 30.1 Å². The van der Waals surface area contributed by atoms with Crippen LogP contribution < -0.4 is 5.32 Å². The van der Waals surface area contributed by atoms with Crippen molar-refractivity contribution >= 4 is 36.0 Å². The van der Waals surface area contributed by atoms with Crippen molar-refractivity contribution in [1.29, 1.82) is 0 Å². The number of aliphatic imine (C=N–C) groups is 1. The third-order valence-electron chi connectivity index (χ3n) is 5.30. The molecule has 2 saturated heterocycles. The van der Waals surface area contributed by atoms with Gasteiger partial charge in [-0.05, 0) is 46.0 Å². The van der Waals surface area contributed by atoms with Gasteiger partial charge < -0.3 is 29.3 Å². The summed E-state index contributed by atoms with van der Waals surface area (Å²) < 4.78 is 16.2. The molecule has 0 spiro atoms. The maximum absolute atomic E-state index is 12.4. The third-order valence-corrected chi connectivity index (χ3v) is 5.30. The molecule has 2 fully saturated rings. The molecule has 30 heavy (non-hydrogen) atoms. The fourth-order valence-electron chi connectivity index (χ4n) is 3.85. The first-order valence-corrected chi connectivity index (χ1v) is 10.8. The third kappa shape index (κ3) is 9.55. The molecule has 0 bridgehead atoms. The van der Waals surface area contributed by atoms with Crippen molar-refractivity contribution in [2.75, 3.05) is 66.7 Å². The van der Waals surface area contributed by atoms with E-state index in [1.807, 2.05) is 32.7 Å². The van der Waals surface area contributed by atoms with Crippen LogP contribution in [0.1, 0.15) is 40.0 Å². The summed E-state index contributed by atoms with van der Waals surface area (Å²) in [6.07, 6.45) is 3.03. The van der Waals surface area contributed by atoms with E-state index >= 15 is 0 Å². The van der Waals surface area contributed by atoms with E-state index in [0.29, 0.717) is 25.0 Å². The first kappa shape index (κ1) is 27.2. The van der Waals surface area contributed by atoms with Gasteiger partial charge in [0.05, 0.1) is 19.8 Å². The Morgan fingerprint density at radius 1 is 1.10 bits per heavy atom. The number of ether oxygens (including phenoxy) is 3. The number of hydrogen-bond acceptors (Lipinski definition) is 5. The molecule has 0 aromatic carbocycles. The van der Waals surface area contributed by atoms with Crippen molar-refractivity contribution in [3.05, 3.63) is 0 Å². The minimum absolute atomic E-state index is 0. The van der Waals surface area contributed by atoms with Crippen LogP contribution in [0.5, 0.6) is 0 Å². The summed E-state index contributed by atoms with van der Waals surface area (Å²) in [6, 6.07) is 0. The first-order valence-electron chi connectivity index (χ1n) is 10.8. The van der Waals surface area contributed by atoms with Gasteiger partial charge in [0.2, 0.25) is 0 Å². The molecule has 2 atom stereocenters. The summed E-state index contributed by atoms with van der Waals surface area (Å²) in [5.41, 5.74) is -0.454. The van der Waals surface area contributed by atoms with Crippen molar-refractivity contribution in [2.24, 2.45) is 16.8 Å². The number of nitrogens with one attached hydrogen (secondary N) is 1. The van der Waals surface area contributed by atoms with Crippen molar-refractivity contribution in [2.45, 2.75) is 45.6 Å². The van der Waals surface area contributed by atoms with Gasteiger partial charge >= 0.3 is 6.09 Å². The molecule has 2 aliphatic rings. The molecule has 2 unspecified atom stereocenters. The molecule has 0 radical (unpaired) electrons. The second-order valence-electron chi connectivity index (χ2n) is 9.03. The van der Waals surface area contributed by atoms with Gasteiger partial charge in [-0.3, -0.25) is 4.99 Å². The average Bonchev–Trinajstić information content (AvgIpc) is 3.13. The molecule has 0 aromatic rings. The highest BCUT2D eigenvalue weighted by Gasteiger charge is 2.29. The van der Waals surface area contributed by atoms with Crippen LogP contribution in [0, 0.1) is 11.8 Å². The van der Waals surface area contributed by atoms with Gasteiger partial charge in [0.1, 0.15) is 5.60 Å². The van der Waals surface area contributed by atoms with Gasteiger partial charge in [-0.2, -0.15) is 0 Å². The van der Waals surface area contributed by atoms with Crippen molar-refractivity contribution < 1.29 is 19.0 Å². The summed E-state index contributed by atoms with van der Waals surface area (Å²) in [5, 5.41) is 3.52. The highest BCUT2D eigenvalue weighted by molar-refractivity contribution is 14.0. The number of carbonyl (C=O) groups is 1. The lowest BCUT2D eigenvalue weighted by Gasteiger charge is -2.34. The van der Waals surface area contributed by atoms with Gasteiger partial charge in [0, 0.05) is 52.8 Å². The molecule has 9 heteroatoms. The molecule has 1 N–H and O–H groups in total. The van der Waals surface area contributed by atoms with Crippen LogP contribution in [-0.4, -0.2) is 94.2 Å². The Hall–Kier alpha value is -0.810. The van der Waals surface area contributed by atoms with E-state index in [4.69, 9.17) is 14.2 Å². The minimum Gasteiger partial charge on any atom is -0.444 e. The van der Waals surface area contributed by atoms with E-state index in [9.17, 15) is 4.79 Å². The Bertz CT molecular complexity index is 542. The van der Waals surface area contributed by atoms with E-state index < -0.39 is 5.60 Å². The zero-order valence-corrected chi connectivity index (χ0v) is 21.6. The smallest absolute Gasteiger partial charge is 0.410 e. The van der Waals surface area contributed by atoms with E-state index in [0.717, 1.165) is 64.6 Å². The first-order chi connectivity index (χ1) is 13.8. The second-order valence-corrected chi connectivity index (χ2v) is 9.03. The summed E-state index contributed by atoms with van der Waals surface area (Å²) >= 11 is 0. The number of halogens is 1. The van der Waals surface area contributed by atoms with Crippen molar-refractivity contribution in [3.8, 4) is 0 Å². The monoisotopic (exact) mass is 540 g/mol. The van der Waals surface area contributed by atoms with Crippen LogP contribution in [0.15, 0.2) is 4.99 Å². The zero-order chi connectivity index (χ0) is 21.3. The van der Waals surface area contributed by atoms with Crippen LogP contribution >= 0.6 is 24.0 Å². The Kier molecular flexibility index (Phi) is 12.3. The molecule has 0 aliphatic carbocycles. The predicted molar refractivity (Wildman–Crippen MR) is 130 cm³/mol. The molecule has 1 amide bonds. The number of rotatable bonds is 7. The number of methoxy groups -OCH3 is 1. The number of nitrogens with zero attached hydrogens (tertiary/aromatic N) is 3. The highest BCUT2D eigenvalue weighted by atomic mass is 127. The fraction of sp³-hybridized carbons (Fsp3) is 0.905. The Labute approximate surface area is 199 Å². The van der Waals surface area contributed by atoms with Crippen molar-refractivity contribution in [3.63, 3.8) is 0 Å². The number of amides is 1. The summed E-state index contributed by atoms with van der Waals surface area (Å²) in [5.74, 6) is 1.88. The zero-order valence-electron chi connectivity index (χ0n) is 19.3. The maximum Gasteiger partial charge on any atom is 0.410 e.